The molecule has 12 heteroatoms. The lowest BCUT2D eigenvalue weighted by atomic mass is 9.84. The van der Waals surface area contributed by atoms with E-state index in [9.17, 15) is 19.2 Å². The number of piperidine rings is 2. The van der Waals surface area contributed by atoms with E-state index in [1.54, 1.807) is 18.7 Å². The summed E-state index contributed by atoms with van der Waals surface area (Å²) in [7, 11) is 0. The quantitative estimate of drug-likeness (QED) is 0.220. The van der Waals surface area contributed by atoms with Gasteiger partial charge in [0.25, 0.3) is 0 Å². The van der Waals surface area contributed by atoms with Crippen molar-refractivity contribution in [2.24, 2.45) is 23.3 Å². The largest absolute Gasteiger partial charge is 0.481 e. The third-order valence-corrected chi connectivity index (χ3v) is 6.71. The van der Waals surface area contributed by atoms with E-state index in [1.165, 1.54) is 25.7 Å². The highest BCUT2D eigenvalue weighted by molar-refractivity contribution is 5.82. The lowest BCUT2D eigenvalue weighted by molar-refractivity contribution is -0.163. The van der Waals surface area contributed by atoms with Gasteiger partial charge in [-0.25, -0.2) is 9.59 Å². The summed E-state index contributed by atoms with van der Waals surface area (Å²) >= 11 is 0. The lowest BCUT2D eigenvalue weighted by Crippen LogP contribution is -2.53. The molecule has 0 saturated carbocycles. The Hall–Kier alpha value is -2.44. The Labute approximate surface area is 266 Å². The van der Waals surface area contributed by atoms with Crippen molar-refractivity contribution in [1.82, 2.24) is 10.2 Å². The van der Waals surface area contributed by atoms with Crippen LogP contribution in [0.3, 0.4) is 0 Å². The van der Waals surface area contributed by atoms with Crippen LogP contribution in [-0.4, -0.2) is 89.1 Å². The van der Waals surface area contributed by atoms with E-state index in [1.807, 2.05) is 41.5 Å². The zero-order valence-corrected chi connectivity index (χ0v) is 28.8. The van der Waals surface area contributed by atoms with Gasteiger partial charge in [0.1, 0.15) is 17.2 Å². The second kappa shape index (κ2) is 23.9. The smallest absolute Gasteiger partial charge is 0.411 e. The first-order valence-electron chi connectivity index (χ1n) is 16.2. The summed E-state index contributed by atoms with van der Waals surface area (Å²) in [6, 6.07) is -0.554. The molecule has 12 nitrogen and oxygen atoms in total. The van der Waals surface area contributed by atoms with Crippen LogP contribution in [0, 0.1) is 11.8 Å². The van der Waals surface area contributed by atoms with Gasteiger partial charge in [0.2, 0.25) is 0 Å². The van der Waals surface area contributed by atoms with Crippen LogP contribution >= 0.6 is 0 Å². The predicted molar refractivity (Wildman–Crippen MR) is 173 cm³/mol. The minimum Gasteiger partial charge on any atom is -0.481 e. The van der Waals surface area contributed by atoms with Gasteiger partial charge in [0.15, 0.2) is 0 Å². The van der Waals surface area contributed by atoms with Crippen molar-refractivity contribution in [3.8, 4) is 0 Å². The fourth-order valence-corrected chi connectivity index (χ4v) is 4.42. The first kappa shape index (κ1) is 43.7. The monoisotopic (exact) mass is 632 g/mol. The SMILES string of the molecule is CC(C)(C)OC(=O)C1CC(CCCC2CCNCC2)CCN1C(=O)OC(C)(C)C.CCC(=O)O.CCC(=O)O.NCCCN. The summed E-state index contributed by atoms with van der Waals surface area (Å²) in [6.45, 7) is 18.6. The molecule has 0 aliphatic carbocycles. The molecule has 0 radical (unpaired) electrons. The maximum Gasteiger partial charge on any atom is 0.411 e. The second-order valence-electron chi connectivity index (χ2n) is 13.2. The van der Waals surface area contributed by atoms with Crippen molar-refractivity contribution in [3.63, 3.8) is 0 Å². The van der Waals surface area contributed by atoms with Crippen LogP contribution in [0.2, 0.25) is 0 Å². The first-order valence-corrected chi connectivity index (χ1v) is 16.2. The van der Waals surface area contributed by atoms with Crippen LogP contribution in [0.15, 0.2) is 0 Å². The number of likely N-dealkylation sites (tertiary alicyclic amines) is 1. The average molecular weight is 633 g/mol. The fourth-order valence-electron chi connectivity index (χ4n) is 4.42. The molecule has 2 fully saturated rings. The molecule has 0 aromatic carbocycles. The van der Waals surface area contributed by atoms with Crippen LogP contribution in [-0.2, 0) is 23.9 Å². The summed E-state index contributed by atoms with van der Waals surface area (Å²) < 4.78 is 11.2. The Morgan fingerprint density at radius 3 is 1.61 bits per heavy atom. The Kier molecular flexibility index (Phi) is 23.7. The van der Waals surface area contributed by atoms with E-state index >= 15 is 0 Å². The molecule has 44 heavy (non-hydrogen) atoms. The van der Waals surface area contributed by atoms with Gasteiger partial charge in [0.05, 0.1) is 0 Å². The summed E-state index contributed by atoms with van der Waals surface area (Å²) in [5.74, 6) is -0.519. The number of carboxylic acids is 2. The number of rotatable bonds is 9. The number of hydrogen-bond donors (Lipinski definition) is 5. The standard InChI is InChI=1S/C23H42N2O4.C3H10N2.2C3H6O2/c1-22(2,3)28-20(26)19-16-18(9-7-8-17-10-13-24-14-11-17)12-15-25(19)21(27)29-23(4,5)6;4-2-1-3-5;2*1-2-3(4)5/h17-19,24H,7-16H2,1-6H3;1-5H2;2*2H2,1H3,(H,4,5). The van der Waals surface area contributed by atoms with Gasteiger partial charge in [-0.05, 0) is 112 Å². The summed E-state index contributed by atoms with van der Waals surface area (Å²) in [6.07, 6.45) is 8.70. The topological polar surface area (TPSA) is 195 Å². The molecular formula is C32H64N4O8. The summed E-state index contributed by atoms with van der Waals surface area (Å²) in [5.41, 5.74) is 8.97. The van der Waals surface area contributed by atoms with Gasteiger partial charge in [0, 0.05) is 19.4 Å². The molecule has 1 amide bonds. The van der Waals surface area contributed by atoms with Crippen LogP contribution in [0.25, 0.3) is 0 Å². The maximum atomic E-state index is 12.9. The van der Waals surface area contributed by atoms with E-state index in [2.05, 4.69) is 5.32 Å². The molecule has 2 rings (SSSR count). The van der Waals surface area contributed by atoms with Gasteiger partial charge >= 0.3 is 24.0 Å². The number of aliphatic carboxylic acids is 2. The number of nitrogens with two attached hydrogens (primary N) is 2. The second-order valence-corrected chi connectivity index (χ2v) is 13.2. The van der Waals surface area contributed by atoms with Crippen molar-refractivity contribution in [1.29, 1.82) is 0 Å². The molecule has 2 unspecified atom stereocenters. The highest BCUT2D eigenvalue weighted by atomic mass is 16.6. The molecule has 0 aromatic rings. The number of carbonyl (C=O) groups excluding carboxylic acids is 2. The number of carbonyl (C=O) groups is 4. The van der Waals surface area contributed by atoms with Crippen molar-refractivity contribution >= 4 is 24.0 Å². The molecule has 0 aromatic heterocycles. The Morgan fingerprint density at radius 1 is 0.773 bits per heavy atom. The zero-order chi connectivity index (χ0) is 34.3. The van der Waals surface area contributed by atoms with Gasteiger partial charge in [-0.2, -0.15) is 0 Å². The van der Waals surface area contributed by atoms with E-state index < -0.39 is 35.3 Å². The minimum absolute atomic E-state index is 0.222. The van der Waals surface area contributed by atoms with E-state index in [0.29, 0.717) is 18.9 Å². The summed E-state index contributed by atoms with van der Waals surface area (Å²) in [4.78, 5) is 45.9. The molecular weight excluding hydrogens is 568 g/mol. The number of esters is 1. The lowest BCUT2D eigenvalue weighted by Gasteiger charge is -2.39. The minimum atomic E-state index is -0.745. The van der Waals surface area contributed by atoms with Crippen LogP contribution < -0.4 is 16.8 Å². The molecule has 2 atom stereocenters. The van der Waals surface area contributed by atoms with Crippen molar-refractivity contribution in [2.75, 3.05) is 32.7 Å². The van der Waals surface area contributed by atoms with Crippen LogP contribution in [0.5, 0.6) is 0 Å². The third-order valence-electron chi connectivity index (χ3n) is 6.71. The molecule has 2 saturated heterocycles. The molecule has 7 N–H and O–H groups in total. The fraction of sp³-hybridized carbons (Fsp3) is 0.875. The van der Waals surface area contributed by atoms with Gasteiger partial charge in [-0.1, -0.05) is 33.1 Å². The van der Waals surface area contributed by atoms with Crippen molar-refractivity contribution < 1.29 is 38.9 Å². The Balaban J connectivity index is 0. The van der Waals surface area contributed by atoms with Crippen molar-refractivity contribution in [3.05, 3.63) is 0 Å². The molecule has 0 spiro atoms. The Bertz CT molecular complexity index is 789. The van der Waals surface area contributed by atoms with Gasteiger partial charge < -0.3 is 36.5 Å². The average Bonchev–Trinajstić information content (AvgIpc) is 2.93. The van der Waals surface area contributed by atoms with E-state index in [-0.39, 0.29) is 18.8 Å². The molecule has 260 valence electrons. The van der Waals surface area contributed by atoms with Gasteiger partial charge in [-0.15, -0.1) is 0 Å². The first-order chi connectivity index (χ1) is 20.4. The summed E-state index contributed by atoms with van der Waals surface area (Å²) in [5, 5.41) is 18.9. The number of hydrogen-bond acceptors (Lipinski definition) is 9. The number of ether oxygens (including phenoxy) is 2. The highest BCUT2D eigenvalue weighted by Gasteiger charge is 2.40. The van der Waals surface area contributed by atoms with Crippen LogP contribution in [0.1, 0.15) is 120 Å². The molecule has 0 bridgehead atoms. The molecule has 2 heterocycles. The van der Waals surface area contributed by atoms with Gasteiger partial charge in [-0.3, -0.25) is 14.5 Å². The highest BCUT2D eigenvalue weighted by Crippen LogP contribution is 2.31. The number of nitrogens with zero attached hydrogens (tertiary/aromatic N) is 1. The Morgan fingerprint density at radius 2 is 1.23 bits per heavy atom. The molecule has 2 aliphatic rings. The third kappa shape index (κ3) is 24.9. The number of nitrogens with one attached hydrogen (secondary N) is 1. The van der Waals surface area contributed by atoms with E-state index in [4.69, 9.17) is 31.2 Å². The van der Waals surface area contributed by atoms with Crippen LogP contribution in [0.4, 0.5) is 4.79 Å². The maximum absolute atomic E-state index is 12.9. The number of carboxylic acid groups (broad SMARTS) is 2. The van der Waals surface area contributed by atoms with Crippen molar-refractivity contribution in [2.45, 2.75) is 137 Å². The zero-order valence-electron chi connectivity index (χ0n) is 28.8. The van der Waals surface area contributed by atoms with E-state index in [0.717, 1.165) is 51.4 Å². The predicted octanol–water partition coefficient (Wildman–Crippen LogP) is 4.77. The normalized spacial score (nSPS) is 18.6. The molecule has 2 aliphatic heterocycles. The number of amides is 1.